The predicted molar refractivity (Wildman–Crippen MR) is 66.7 cm³/mol. The standard InChI is InChI=1S/C11H15N3O2S/c1-9-2-4-10(5-3-9)17(15,16)14-8-11-12-6-7-13-11/h2-5,14H,6-8H2,1H3,(H,12,13). The molecule has 1 aromatic rings. The lowest BCUT2D eigenvalue weighted by Gasteiger charge is -2.07. The van der Waals surface area contributed by atoms with Gasteiger partial charge in [0.1, 0.15) is 5.84 Å². The van der Waals surface area contributed by atoms with Crippen LogP contribution in [0.25, 0.3) is 0 Å². The number of amidine groups is 1. The molecule has 0 bridgehead atoms. The Morgan fingerprint density at radius 1 is 1.35 bits per heavy atom. The smallest absolute Gasteiger partial charge is 0.240 e. The van der Waals surface area contributed by atoms with Crippen LogP contribution in [0.3, 0.4) is 0 Å². The van der Waals surface area contributed by atoms with Gasteiger partial charge in [0.15, 0.2) is 0 Å². The number of hydrogen-bond acceptors (Lipinski definition) is 4. The second kappa shape index (κ2) is 4.85. The zero-order valence-corrected chi connectivity index (χ0v) is 10.4. The predicted octanol–water partition coefficient (Wildman–Crippen LogP) is 0.275. The van der Waals surface area contributed by atoms with Crippen LogP contribution in [-0.2, 0) is 10.0 Å². The molecule has 1 heterocycles. The van der Waals surface area contributed by atoms with E-state index in [4.69, 9.17) is 0 Å². The van der Waals surface area contributed by atoms with E-state index in [1.54, 1.807) is 24.3 Å². The van der Waals surface area contributed by atoms with Gasteiger partial charge < -0.3 is 5.32 Å². The molecule has 0 amide bonds. The van der Waals surface area contributed by atoms with Crippen molar-refractivity contribution in [3.63, 3.8) is 0 Å². The molecular weight excluding hydrogens is 238 g/mol. The van der Waals surface area contributed by atoms with E-state index in [1.807, 2.05) is 6.92 Å². The van der Waals surface area contributed by atoms with Gasteiger partial charge in [-0.15, -0.1) is 0 Å². The molecule has 2 N–H and O–H groups in total. The van der Waals surface area contributed by atoms with E-state index in [0.29, 0.717) is 12.4 Å². The largest absolute Gasteiger partial charge is 0.371 e. The highest BCUT2D eigenvalue weighted by atomic mass is 32.2. The highest BCUT2D eigenvalue weighted by Gasteiger charge is 2.15. The molecule has 0 unspecified atom stereocenters. The number of benzene rings is 1. The molecule has 0 radical (unpaired) electrons. The monoisotopic (exact) mass is 253 g/mol. The Kier molecular flexibility index (Phi) is 3.44. The fourth-order valence-corrected chi connectivity index (χ4v) is 2.52. The molecule has 17 heavy (non-hydrogen) atoms. The molecule has 1 aliphatic rings. The molecule has 92 valence electrons. The van der Waals surface area contributed by atoms with Crippen molar-refractivity contribution >= 4 is 15.9 Å². The second-order valence-electron chi connectivity index (χ2n) is 3.89. The lowest BCUT2D eigenvalue weighted by molar-refractivity contribution is 0.586. The number of sulfonamides is 1. The highest BCUT2D eigenvalue weighted by Crippen LogP contribution is 2.09. The topological polar surface area (TPSA) is 70.6 Å². The summed E-state index contributed by atoms with van der Waals surface area (Å²) in [6.45, 7) is 3.63. The minimum Gasteiger partial charge on any atom is -0.371 e. The first-order valence-corrected chi connectivity index (χ1v) is 6.90. The van der Waals surface area contributed by atoms with Crippen molar-refractivity contribution in [3.05, 3.63) is 29.8 Å². The molecule has 1 aromatic carbocycles. The average Bonchev–Trinajstić information content (AvgIpc) is 2.80. The summed E-state index contributed by atoms with van der Waals surface area (Å²) in [5.74, 6) is 0.695. The Labute approximate surface area is 101 Å². The van der Waals surface area contributed by atoms with E-state index in [1.165, 1.54) is 0 Å². The average molecular weight is 253 g/mol. The van der Waals surface area contributed by atoms with Crippen LogP contribution in [0.2, 0.25) is 0 Å². The van der Waals surface area contributed by atoms with Gasteiger partial charge in [0.05, 0.1) is 18.0 Å². The Morgan fingerprint density at radius 2 is 2.06 bits per heavy atom. The van der Waals surface area contributed by atoms with Crippen LogP contribution in [0, 0.1) is 6.92 Å². The third-order valence-corrected chi connectivity index (χ3v) is 3.92. The number of nitrogens with one attached hydrogen (secondary N) is 2. The summed E-state index contributed by atoms with van der Waals surface area (Å²) in [5, 5.41) is 3.01. The van der Waals surface area contributed by atoms with Crippen molar-refractivity contribution in [2.24, 2.45) is 4.99 Å². The number of nitrogens with zero attached hydrogens (tertiary/aromatic N) is 1. The molecule has 0 aromatic heterocycles. The molecule has 5 nitrogen and oxygen atoms in total. The maximum Gasteiger partial charge on any atom is 0.240 e. The maximum atomic E-state index is 11.9. The van der Waals surface area contributed by atoms with Crippen LogP contribution in [0.4, 0.5) is 0 Å². The Morgan fingerprint density at radius 3 is 2.65 bits per heavy atom. The summed E-state index contributed by atoms with van der Waals surface area (Å²) >= 11 is 0. The molecular formula is C11H15N3O2S. The Bertz CT molecular complexity index is 520. The van der Waals surface area contributed by atoms with E-state index in [9.17, 15) is 8.42 Å². The minimum absolute atomic E-state index is 0.218. The summed E-state index contributed by atoms with van der Waals surface area (Å²) in [6, 6.07) is 6.75. The minimum atomic E-state index is -3.44. The van der Waals surface area contributed by atoms with E-state index >= 15 is 0 Å². The van der Waals surface area contributed by atoms with Crippen LogP contribution in [-0.4, -0.2) is 33.9 Å². The molecule has 0 saturated carbocycles. The summed E-state index contributed by atoms with van der Waals surface area (Å²) in [6.07, 6.45) is 0. The number of aliphatic imine (C=N–C) groups is 1. The van der Waals surface area contributed by atoms with E-state index in [-0.39, 0.29) is 11.4 Å². The third kappa shape index (κ3) is 3.04. The van der Waals surface area contributed by atoms with Crippen molar-refractivity contribution in [2.45, 2.75) is 11.8 Å². The number of aryl methyl sites for hydroxylation is 1. The van der Waals surface area contributed by atoms with Crippen LogP contribution in [0.5, 0.6) is 0 Å². The summed E-state index contributed by atoms with van der Waals surface area (Å²) in [5.41, 5.74) is 1.03. The van der Waals surface area contributed by atoms with Crippen molar-refractivity contribution in [1.29, 1.82) is 0 Å². The quantitative estimate of drug-likeness (QED) is 0.809. The molecule has 0 fully saturated rings. The van der Waals surface area contributed by atoms with Gasteiger partial charge in [0, 0.05) is 6.54 Å². The van der Waals surface area contributed by atoms with Gasteiger partial charge in [0.2, 0.25) is 10.0 Å². The highest BCUT2D eigenvalue weighted by molar-refractivity contribution is 7.89. The molecule has 0 saturated heterocycles. The lowest BCUT2D eigenvalue weighted by atomic mass is 10.2. The van der Waals surface area contributed by atoms with Crippen LogP contribution in [0.1, 0.15) is 5.56 Å². The van der Waals surface area contributed by atoms with Gasteiger partial charge in [-0.1, -0.05) is 17.7 Å². The molecule has 0 aliphatic carbocycles. The van der Waals surface area contributed by atoms with Crippen molar-refractivity contribution < 1.29 is 8.42 Å². The van der Waals surface area contributed by atoms with E-state index in [2.05, 4.69) is 15.0 Å². The number of hydrogen-bond donors (Lipinski definition) is 2. The first kappa shape index (κ1) is 12.1. The SMILES string of the molecule is Cc1ccc(S(=O)(=O)NCC2=NCCN2)cc1. The normalized spacial score (nSPS) is 15.5. The first-order chi connectivity index (χ1) is 8.08. The summed E-state index contributed by atoms with van der Waals surface area (Å²) in [7, 11) is -3.44. The van der Waals surface area contributed by atoms with Gasteiger partial charge in [-0.2, -0.15) is 0 Å². The molecule has 0 atom stereocenters. The van der Waals surface area contributed by atoms with Gasteiger partial charge in [-0.05, 0) is 19.1 Å². The van der Waals surface area contributed by atoms with Crippen LogP contribution in [0.15, 0.2) is 34.2 Å². The third-order valence-electron chi connectivity index (χ3n) is 2.50. The first-order valence-electron chi connectivity index (χ1n) is 5.41. The van der Waals surface area contributed by atoms with E-state index in [0.717, 1.165) is 12.1 Å². The Balaban J connectivity index is 2.05. The number of rotatable bonds is 4. The van der Waals surface area contributed by atoms with Crippen LogP contribution < -0.4 is 10.0 Å². The molecule has 6 heteroatoms. The molecule has 1 aliphatic heterocycles. The lowest BCUT2D eigenvalue weighted by Crippen LogP contribution is -2.34. The maximum absolute atomic E-state index is 11.9. The zero-order chi connectivity index (χ0) is 12.3. The fraction of sp³-hybridized carbons (Fsp3) is 0.364. The fourth-order valence-electron chi connectivity index (χ4n) is 1.53. The van der Waals surface area contributed by atoms with Crippen molar-refractivity contribution in [3.8, 4) is 0 Å². The van der Waals surface area contributed by atoms with E-state index < -0.39 is 10.0 Å². The van der Waals surface area contributed by atoms with Crippen LogP contribution >= 0.6 is 0 Å². The van der Waals surface area contributed by atoms with Gasteiger partial charge >= 0.3 is 0 Å². The second-order valence-corrected chi connectivity index (χ2v) is 5.66. The molecule has 2 rings (SSSR count). The van der Waals surface area contributed by atoms with Gasteiger partial charge in [0.25, 0.3) is 0 Å². The summed E-state index contributed by atoms with van der Waals surface area (Å²) < 4.78 is 26.3. The zero-order valence-electron chi connectivity index (χ0n) is 9.60. The van der Waals surface area contributed by atoms with Crippen molar-refractivity contribution in [1.82, 2.24) is 10.0 Å². The molecule has 0 spiro atoms. The Hall–Kier alpha value is -1.40. The van der Waals surface area contributed by atoms with Gasteiger partial charge in [-0.25, -0.2) is 13.1 Å². The summed E-state index contributed by atoms with van der Waals surface area (Å²) in [4.78, 5) is 4.40. The van der Waals surface area contributed by atoms with Gasteiger partial charge in [-0.3, -0.25) is 4.99 Å². The van der Waals surface area contributed by atoms with Crippen molar-refractivity contribution in [2.75, 3.05) is 19.6 Å².